The minimum Gasteiger partial charge on any atom is -0.479 e. The molecule has 6 nitrogen and oxygen atoms in total. The van der Waals surface area contributed by atoms with E-state index in [1.807, 2.05) is 36.4 Å². The number of rotatable bonds is 4. The van der Waals surface area contributed by atoms with Crippen molar-refractivity contribution < 1.29 is 14.9 Å². The molecule has 1 aliphatic heterocycles. The second-order valence-corrected chi connectivity index (χ2v) is 6.96. The Balaban J connectivity index is 1.80. The molecule has 0 unspecified atom stereocenters. The Morgan fingerprint density at radius 1 is 1.24 bits per heavy atom. The summed E-state index contributed by atoms with van der Waals surface area (Å²) in [5, 5.41) is 26.3. The molecule has 3 atom stereocenters. The van der Waals surface area contributed by atoms with Crippen LogP contribution in [0.3, 0.4) is 0 Å². The maximum Gasteiger partial charge on any atom is 0.188 e. The summed E-state index contributed by atoms with van der Waals surface area (Å²) in [6, 6.07) is 14.6. The van der Waals surface area contributed by atoms with Crippen LogP contribution in [0.2, 0.25) is 0 Å². The van der Waals surface area contributed by atoms with Gasteiger partial charge in [0, 0.05) is 10.0 Å². The van der Waals surface area contributed by atoms with E-state index in [0.29, 0.717) is 16.9 Å². The largest absolute Gasteiger partial charge is 0.479 e. The number of benzene rings is 2. The van der Waals surface area contributed by atoms with Crippen molar-refractivity contribution >= 4 is 15.9 Å². The molecule has 7 heteroatoms. The fourth-order valence-corrected chi connectivity index (χ4v) is 3.62. The minimum absolute atomic E-state index is 0.149. The molecule has 2 N–H and O–H groups in total. The Kier molecular flexibility index (Phi) is 4.07. The maximum atomic E-state index is 11.1. The molecular formula is C18H16BrN3O3. The number of hydrogen-bond donors (Lipinski definition) is 2. The number of nitrogens with zero attached hydrogens (tertiary/aromatic N) is 3. The number of fused-ring (bicyclic) bond motifs is 1. The first kappa shape index (κ1) is 16.3. The van der Waals surface area contributed by atoms with E-state index in [4.69, 9.17) is 4.74 Å². The average Bonchev–Trinajstić information content (AvgIpc) is 3.23. The van der Waals surface area contributed by atoms with E-state index in [9.17, 15) is 10.2 Å². The van der Waals surface area contributed by atoms with Crippen molar-refractivity contribution in [2.45, 2.75) is 24.4 Å². The fourth-order valence-electron chi connectivity index (χ4n) is 3.25. The molecule has 0 fully saturated rings. The Bertz CT molecular complexity index is 873. The second-order valence-electron chi connectivity index (χ2n) is 6.05. The SMILES string of the molecule is O[C@H](c1ccccc1)[C@]1(Cn2cncn2)Oc2ccc(Br)cc2[C@@H]1O. The van der Waals surface area contributed by atoms with Crippen molar-refractivity contribution in [3.8, 4) is 5.75 Å². The fraction of sp³-hybridized carbons (Fsp3) is 0.222. The third kappa shape index (κ3) is 2.74. The summed E-state index contributed by atoms with van der Waals surface area (Å²) in [6.45, 7) is 0.149. The van der Waals surface area contributed by atoms with E-state index in [-0.39, 0.29) is 6.54 Å². The summed E-state index contributed by atoms with van der Waals surface area (Å²) in [7, 11) is 0. The van der Waals surface area contributed by atoms with Crippen LogP contribution in [0.1, 0.15) is 23.3 Å². The third-order valence-corrected chi connectivity index (χ3v) is 4.98. The van der Waals surface area contributed by atoms with Gasteiger partial charge in [0.1, 0.15) is 30.6 Å². The van der Waals surface area contributed by atoms with E-state index in [1.165, 1.54) is 12.7 Å². The number of aliphatic hydroxyl groups excluding tert-OH is 2. The van der Waals surface area contributed by atoms with Crippen LogP contribution in [0.5, 0.6) is 5.75 Å². The Hall–Kier alpha value is -2.22. The van der Waals surface area contributed by atoms with Gasteiger partial charge in [0.25, 0.3) is 0 Å². The molecule has 1 aliphatic rings. The van der Waals surface area contributed by atoms with Crippen LogP contribution in [0.15, 0.2) is 65.7 Å². The minimum atomic E-state index is -1.31. The number of hydrogen-bond acceptors (Lipinski definition) is 5. The van der Waals surface area contributed by atoms with E-state index < -0.39 is 17.8 Å². The van der Waals surface area contributed by atoms with Gasteiger partial charge >= 0.3 is 0 Å². The molecular weight excluding hydrogens is 386 g/mol. The second kappa shape index (κ2) is 6.25. The van der Waals surface area contributed by atoms with Crippen LogP contribution < -0.4 is 4.74 Å². The normalized spacial score (nSPS) is 23.1. The molecule has 0 spiro atoms. The zero-order valence-corrected chi connectivity index (χ0v) is 14.7. The van der Waals surface area contributed by atoms with Crippen molar-refractivity contribution in [2.75, 3.05) is 0 Å². The highest BCUT2D eigenvalue weighted by molar-refractivity contribution is 9.10. The average molecular weight is 402 g/mol. The monoisotopic (exact) mass is 401 g/mol. The van der Waals surface area contributed by atoms with Crippen LogP contribution in [0, 0.1) is 0 Å². The Morgan fingerprint density at radius 3 is 2.76 bits per heavy atom. The summed E-state index contributed by atoms with van der Waals surface area (Å²) in [4.78, 5) is 3.94. The molecule has 1 aromatic heterocycles. The Labute approximate surface area is 152 Å². The molecule has 0 saturated carbocycles. The van der Waals surface area contributed by atoms with E-state index in [1.54, 1.807) is 16.8 Å². The molecule has 0 bridgehead atoms. The molecule has 0 aliphatic carbocycles. The lowest BCUT2D eigenvalue weighted by Gasteiger charge is -2.36. The number of aromatic nitrogens is 3. The predicted molar refractivity (Wildman–Crippen MR) is 93.9 cm³/mol. The van der Waals surface area contributed by atoms with E-state index in [2.05, 4.69) is 26.0 Å². The molecule has 4 rings (SSSR count). The van der Waals surface area contributed by atoms with Crippen LogP contribution in [-0.2, 0) is 6.54 Å². The van der Waals surface area contributed by atoms with Gasteiger partial charge in [-0.25, -0.2) is 9.67 Å². The highest BCUT2D eigenvalue weighted by Crippen LogP contribution is 2.50. The zero-order chi connectivity index (χ0) is 17.4. The Morgan fingerprint density at radius 2 is 2.04 bits per heavy atom. The quantitative estimate of drug-likeness (QED) is 0.702. The van der Waals surface area contributed by atoms with Crippen molar-refractivity contribution in [1.82, 2.24) is 14.8 Å². The number of halogens is 1. The lowest BCUT2D eigenvalue weighted by atomic mass is 9.84. The first-order valence-electron chi connectivity index (χ1n) is 7.82. The van der Waals surface area contributed by atoms with Gasteiger partial charge in [0.2, 0.25) is 0 Å². The van der Waals surface area contributed by atoms with Crippen LogP contribution >= 0.6 is 15.9 Å². The third-order valence-electron chi connectivity index (χ3n) is 4.48. The van der Waals surface area contributed by atoms with Gasteiger partial charge in [-0.15, -0.1) is 0 Å². The van der Waals surface area contributed by atoms with E-state index >= 15 is 0 Å². The smallest absolute Gasteiger partial charge is 0.188 e. The molecule has 0 radical (unpaired) electrons. The van der Waals surface area contributed by atoms with Gasteiger partial charge in [0.05, 0.1) is 6.54 Å². The van der Waals surface area contributed by atoms with Crippen molar-refractivity contribution in [3.63, 3.8) is 0 Å². The highest BCUT2D eigenvalue weighted by atomic mass is 79.9. The first-order chi connectivity index (χ1) is 12.1. The lowest BCUT2D eigenvalue weighted by molar-refractivity contribution is -0.124. The summed E-state index contributed by atoms with van der Waals surface area (Å²) >= 11 is 3.42. The van der Waals surface area contributed by atoms with Gasteiger partial charge in [0.15, 0.2) is 5.60 Å². The maximum absolute atomic E-state index is 11.1. The standard InChI is InChI=1S/C18H16BrN3O3/c19-13-6-7-15-14(8-13)17(24)18(25-15,9-22-11-20-10-21-22)16(23)12-4-2-1-3-5-12/h1-8,10-11,16-17,23-24H,9H2/t16-,17+,18+/m1/s1. The lowest BCUT2D eigenvalue weighted by Crippen LogP contribution is -2.48. The van der Waals surface area contributed by atoms with Crippen LogP contribution in [0.25, 0.3) is 0 Å². The predicted octanol–water partition coefficient (Wildman–Crippen LogP) is 2.64. The first-order valence-corrected chi connectivity index (χ1v) is 8.61. The van der Waals surface area contributed by atoms with Gasteiger partial charge in [-0.05, 0) is 23.8 Å². The topological polar surface area (TPSA) is 80.4 Å². The summed E-state index contributed by atoms with van der Waals surface area (Å²) < 4.78 is 8.53. The summed E-state index contributed by atoms with van der Waals surface area (Å²) in [5.41, 5.74) is -0.0175. The summed E-state index contributed by atoms with van der Waals surface area (Å²) in [6.07, 6.45) is 0.862. The molecule has 0 amide bonds. The van der Waals surface area contributed by atoms with Gasteiger partial charge < -0.3 is 14.9 Å². The van der Waals surface area contributed by atoms with Crippen molar-refractivity contribution in [2.24, 2.45) is 0 Å². The zero-order valence-electron chi connectivity index (χ0n) is 13.2. The van der Waals surface area contributed by atoms with Crippen LogP contribution in [-0.4, -0.2) is 30.6 Å². The van der Waals surface area contributed by atoms with Crippen molar-refractivity contribution in [3.05, 3.63) is 76.8 Å². The van der Waals surface area contributed by atoms with Crippen LogP contribution in [0.4, 0.5) is 0 Å². The molecule has 2 heterocycles. The molecule has 3 aromatic rings. The number of ether oxygens (including phenoxy) is 1. The van der Waals surface area contributed by atoms with Crippen molar-refractivity contribution in [1.29, 1.82) is 0 Å². The van der Waals surface area contributed by atoms with E-state index in [0.717, 1.165) is 4.47 Å². The molecule has 2 aromatic carbocycles. The molecule has 0 saturated heterocycles. The molecule has 25 heavy (non-hydrogen) atoms. The highest BCUT2D eigenvalue weighted by Gasteiger charge is 2.54. The number of aliphatic hydroxyl groups is 2. The van der Waals surface area contributed by atoms with Gasteiger partial charge in [-0.1, -0.05) is 46.3 Å². The molecule has 128 valence electrons. The van der Waals surface area contributed by atoms with Gasteiger partial charge in [-0.2, -0.15) is 5.10 Å². The summed E-state index contributed by atoms with van der Waals surface area (Å²) in [5.74, 6) is 0.547. The van der Waals surface area contributed by atoms with Gasteiger partial charge in [-0.3, -0.25) is 0 Å².